The summed E-state index contributed by atoms with van der Waals surface area (Å²) in [5, 5.41) is 0.592. The van der Waals surface area contributed by atoms with Crippen molar-refractivity contribution < 1.29 is 0 Å². The van der Waals surface area contributed by atoms with Crippen LogP contribution in [-0.2, 0) is 12.2 Å². The summed E-state index contributed by atoms with van der Waals surface area (Å²) >= 11 is 7.92. The van der Waals surface area contributed by atoms with Crippen LogP contribution in [0.25, 0.3) is 0 Å². The van der Waals surface area contributed by atoms with Gasteiger partial charge in [-0.05, 0) is 32.4 Å². The van der Waals surface area contributed by atoms with E-state index in [1.165, 1.54) is 10.5 Å². The summed E-state index contributed by atoms with van der Waals surface area (Å²) in [6, 6.07) is 8.43. The predicted octanol–water partition coefficient (Wildman–Crippen LogP) is 4.60. The van der Waals surface area contributed by atoms with Crippen molar-refractivity contribution in [3.63, 3.8) is 0 Å². The number of nitrogens with zero attached hydrogens (tertiary/aromatic N) is 2. The summed E-state index contributed by atoms with van der Waals surface area (Å²) < 4.78 is 0. The second-order valence-corrected chi connectivity index (χ2v) is 5.86. The molecule has 19 heavy (non-hydrogen) atoms. The van der Waals surface area contributed by atoms with Crippen LogP contribution in [-0.4, -0.2) is 9.97 Å². The second-order valence-electron chi connectivity index (χ2n) is 4.45. The van der Waals surface area contributed by atoms with Crippen LogP contribution in [0.5, 0.6) is 0 Å². The Hall–Kier alpha value is -1.06. The largest absolute Gasteiger partial charge is 0.237 e. The standard InChI is InChI=1S/C15H17ClN2S/c1-4-13-11(3)17-14(18-15(13)16)9-19-12-7-5-6-10(2)8-12/h5-8H,4,9H2,1-3H3. The van der Waals surface area contributed by atoms with Crippen LogP contribution in [0.2, 0.25) is 5.15 Å². The van der Waals surface area contributed by atoms with Gasteiger partial charge >= 0.3 is 0 Å². The minimum atomic E-state index is 0.592. The van der Waals surface area contributed by atoms with E-state index in [0.717, 1.165) is 29.3 Å². The molecule has 1 aromatic carbocycles. The number of halogens is 1. The van der Waals surface area contributed by atoms with Gasteiger partial charge in [-0.15, -0.1) is 11.8 Å². The molecule has 0 atom stereocenters. The first-order chi connectivity index (χ1) is 9.10. The Morgan fingerprint density at radius 3 is 2.63 bits per heavy atom. The van der Waals surface area contributed by atoms with Gasteiger partial charge in [0.1, 0.15) is 11.0 Å². The Kier molecular flexibility index (Phi) is 4.83. The molecule has 2 aromatic rings. The van der Waals surface area contributed by atoms with Crippen LogP contribution in [0.1, 0.15) is 29.6 Å². The van der Waals surface area contributed by atoms with E-state index < -0.39 is 0 Å². The molecule has 0 N–H and O–H groups in total. The molecule has 0 aliphatic rings. The summed E-state index contributed by atoms with van der Waals surface area (Å²) in [6.07, 6.45) is 0.871. The maximum atomic E-state index is 6.18. The quantitative estimate of drug-likeness (QED) is 0.608. The van der Waals surface area contributed by atoms with E-state index in [9.17, 15) is 0 Å². The van der Waals surface area contributed by atoms with Crippen molar-refractivity contribution in [2.24, 2.45) is 0 Å². The molecule has 2 rings (SSSR count). The van der Waals surface area contributed by atoms with Crippen molar-refractivity contribution in [1.29, 1.82) is 0 Å². The third-order valence-electron chi connectivity index (χ3n) is 2.92. The highest BCUT2D eigenvalue weighted by Crippen LogP contribution is 2.24. The molecule has 0 amide bonds. The van der Waals surface area contributed by atoms with E-state index in [0.29, 0.717) is 5.15 Å². The Balaban J connectivity index is 2.12. The van der Waals surface area contributed by atoms with E-state index in [4.69, 9.17) is 11.6 Å². The van der Waals surface area contributed by atoms with Gasteiger partial charge in [0, 0.05) is 16.2 Å². The maximum absolute atomic E-state index is 6.18. The van der Waals surface area contributed by atoms with Crippen LogP contribution in [0, 0.1) is 13.8 Å². The summed E-state index contributed by atoms with van der Waals surface area (Å²) in [5.41, 5.74) is 3.30. The Labute approximate surface area is 123 Å². The fraction of sp³-hybridized carbons (Fsp3) is 0.333. The van der Waals surface area contributed by atoms with Gasteiger partial charge in [-0.25, -0.2) is 9.97 Å². The number of aryl methyl sites for hydroxylation is 2. The highest BCUT2D eigenvalue weighted by molar-refractivity contribution is 7.98. The van der Waals surface area contributed by atoms with Crippen LogP contribution in [0.3, 0.4) is 0 Å². The van der Waals surface area contributed by atoms with Crippen molar-refractivity contribution in [3.05, 3.63) is 52.1 Å². The lowest BCUT2D eigenvalue weighted by Gasteiger charge is -2.08. The van der Waals surface area contributed by atoms with E-state index >= 15 is 0 Å². The van der Waals surface area contributed by atoms with Crippen molar-refractivity contribution in [2.45, 2.75) is 37.8 Å². The molecule has 0 spiro atoms. The molecule has 0 radical (unpaired) electrons. The van der Waals surface area contributed by atoms with Gasteiger partial charge in [-0.3, -0.25) is 0 Å². The first kappa shape index (κ1) is 14.4. The molecule has 0 saturated carbocycles. The third-order valence-corrected chi connectivity index (χ3v) is 4.22. The molecule has 0 saturated heterocycles. The number of thioether (sulfide) groups is 1. The molecule has 1 aromatic heterocycles. The van der Waals surface area contributed by atoms with Crippen LogP contribution >= 0.6 is 23.4 Å². The van der Waals surface area contributed by atoms with Crippen LogP contribution in [0.15, 0.2) is 29.2 Å². The van der Waals surface area contributed by atoms with Gasteiger partial charge in [0.05, 0.1) is 5.75 Å². The van der Waals surface area contributed by atoms with Gasteiger partial charge in [-0.2, -0.15) is 0 Å². The molecule has 4 heteroatoms. The highest BCUT2D eigenvalue weighted by Gasteiger charge is 2.08. The first-order valence-electron chi connectivity index (χ1n) is 6.31. The average molecular weight is 293 g/mol. The van der Waals surface area contributed by atoms with E-state index in [2.05, 4.69) is 48.1 Å². The van der Waals surface area contributed by atoms with Crippen LogP contribution in [0.4, 0.5) is 0 Å². The topological polar surface area (TPSA) is 25.8 Å². The summed E-state index contributed by atoms with van der Waals surface area (Å²) in [5.74, 6) is 1.54. The van der Waals surface area contributed by atoms with Gasteiger partial charge in [0.25, 0.3) is 0 Å². The third kappa shape index (κ3) is 3.71. The predicted molar refractivity (Wildman–Crippen MR) is 81.9 cm³/mol. The number of rotatable bonds is 4. The first-order valence-corrected chi connectivity index (χ1v) is 7.68. The molecular weight excluding hydrogens is 276 g/mol. The lowest BCUT2D eigenvalue weighted by atomic mass is 10.2. The molecule has 1 heterocycles. The van der Waals surface area contributed by atoms with Crippen molar-refractivity contribution in [3.8, 4) is 0 Å². The Bertz CT molecular complexity index is 561. The van der Waals surface area contributed by atoms with Crippen LogP contribution < -0.4 is 0 Å². The summed E-state index contributed by atoms with van der Waals surface area (Å²) in [7, 11) is 0. The van der Waals surface area contributed by atoms with Gasteiger partial charge in [-0.1, -0.05) is 36.2 Å². The zero-order chi connectivity index (χ0) is 13.8. The number of benzene rings is 1. The second kappa shape index (κ2) is 6.40. The Morgan fingerprint density at radius 1 is 1.21 bits per heavy atom. The van der Waals surface area contributed by atoms with Gasteiger partial charge in [0.2, 0.25) is 0 Å². The Morgan fingerprint density at radius 2 is 2.00 bits per heavy atom. The number of hydrogen-bond acceptors (Lipinski definition) is 3. The van der Waals surface area contributed by atoms with Crippen molar-refractivity contribution in [2.75, 3.05) is 0 Å². The van der Waals surface area contributed by atoms with E-state index in [1.54, 1.807) is 11.8 Å². The molecule has 0 aliphatic heterocycles. The van der Waals surface area contributed by atoms with Gasteiger partial charge < -0.3 is 0 Å². The summed E-state index contributed by atoms with van der Waals surface area (Å²) in [6.45, 7) is 6.16. The molecule has 100 valence electrons. The molecule has 0 fully saturated rings. The average Bonchev–Trinajstić information content (AvgIpc) is 2.36. The highest BCUT2D eigenvalue weighted by atomic mass is 35.5. The number of aromatic nitrogens is 2. The van der Waals surface area contributed by atoms with Gasteiger partial charge in [0.15, 0.2) is 0 Å². The lowest BCUT2D eigenvalue weighted by Crippen LogP contribution is -2.01. The molecule has 2 nitrogen and oxygen atoms in total. The maximum Gasteiger partial charge on any atom is 0.140 e. The molecular formula is C15H17ClN2S. The van der Waals surface area contributed by atoms with E-state index in [1.807, 2.05) is 6.92 Å². The fourth-order valence-corrected chi connectivity index (χ4v) is 3.17. The lowest BCUT2D eigenvalue weighted by molar-refractivity contribution is 0.938. The minimum Gasteiger partial charge on any atom is -0.237 e. The molecule has 0 unspecified atom stereocenters. The normalized spacial score (nSPS) is 10.7. The fourth-order valence-electron chi connectivity index (χ4n) is 1.94. The number of hydrogen-bond donors (Lipinski definition) is 0. The minimum absolute atomic E-state index is 0.592. The monoisotopic (exact) mass is 292 g/mol. The van der Waals surface area contributed by atoms with Crippen molar-refractivity contribution in [1.82, 2.24) is 9.97 Å². The SMILES string of the molecule is CCc1c(C)nc(CSc2cccc(C)c2)nc1Cl. The zero-order valence-electron chi connectivity index (χ0n) is 11.4. The van der Waals surface area contributed by atoms with Crippen molar-refractivity contribution >= 4 is 23.4 Å². The molecule has 0 aliphatic carbocycles. The molecule has 0 bridgehead atoms. The van der Waals surface area contributed by atoms with E-state index in [-0.39, 0.29) is 0 Å². The zero-order valence-corrected chi connectivity index (χ0v) is 13.0. The smallest absolute Gasteiger partial charge is 0.140 e. The summed E-state index contributed by atoms with van der Waals surface area (Å²) in [4.78, 5) is 10.1.